The first kappa shape index (κ1) is 34.3. The Labute approximate surface area is 253 Å². The van der Waals surface area contributed by atoms with Gasteiger partial charge >= 0.3 is 21.2 Å². The van der Waals surface area contributed by atoms with E-state index in [-0.39, 0.29) is 21.2 Å². The van der Waals surface area contributed by atoms with E-state index in [9.17, 15) is 0 Å². The molecule has 39 heavy (non-hydrogen) atoms. The predicted octanol–water partition coefficient (Wildman–Crippen LogP) is 7.79. The van der Waals surface area contributed by atoms with Crippen LogP contribution in [0.25, 0.3) is 0 Å². The third kappa shape index (κ3) is 17.5. The quantitative estimate of drug-likeness (QED) is 0.0613. The summed E-state index contributed by atoms with van der Waals surface area (Å²) in [5, 5.41) is 0. The molecule has 0 amide bonds. The van der Waals surface area contributed by atoms with Gasteiger partial charge in [-0.25, -0.2) is 0 Å². The van der Waals surface area contributed by atoms with Crippen molar-refractivity contribution >= 4 is 8.07 Å². The molecule has 0 aromatic heterocycles. The number of hydrogen-bond acceptors (Lipinski definition) is 2. The maximum atomic E-state index is 5.94. The van der Waals surface area contributed by atoms with Crippen LogP contribution >= 0.6 is 0 Å². The molecule has 0 bridgehead atoms. The Morgan fingerprint density at radius 3 is 1.64 bits per heavy atom. The predicted molar refractivity (Wildman–Crippen MR) is 169 cm³/mol. The first-order valence-corrected chi connectivity index (χ1v) is 21.4. The van der Waals surface area contributed by atoms with Crippen molar-refractivity contribution in [3.63, 3.8) is 0 Å². The van der Waals surface area contributed by atoms with Crippen LogP contribution in [0.2, 0.25) is 24.7 Å². The molecule has 0 saturated carbocycles. The summed E-state index contributed by atoms with van der Waals surface area (Å²) in [7, 11) is -1.11. The van der Waals surface area contributed by atoms with Gasteiger partial charge in [0.1, 0.15) is 12.4 Å². The monoisotopic (exact) mass is 665 g/mol. The largest absolute Gasteiger partial charge is 0.491 e. The fourth-order valence-corrected chi connectivity index (χ4v) is 11.6. The van der Waals surface area contributed by atoms with E-state index in [1.54, 1.807) is 12.1 Å². The van der Waals surface area contributed by atoms with Crippen LogP contribution < -0.4 is 25.9 Å². The topological polar surface area (TPSA) is 18.5 Å². The Balaban J connectivity index is 1.58. The molecule has 0 N–H and O–H groups in total. The molecular weight excluding hydrogens is 607 g/mol. The van der Waals surface area contributed by atoms with Crippen molar-refractivity contribution < 1.29 is 30.7 Å². The lowest BCUT2D eigenvalue weighted by atomic mass is 10.1. The minimum Gasteiger partial charge on any atom is -0.491 e. The van der Waals surface area contributed by atoms with E-state index in [1.165, 1.54) is 103 Å². The number of benzene rings is 2. The van der Waals surface area contributed by atoms with Gasteiger partial charge in [-0.3, -0.25) is 0 Å². The molecule has 0 fully saturated rings. The molecule has 2 aromatic carbocycles. The lowest BCUT2D eigenvalue weighted by Crippen LogP contribution is -3.61. The van der Waals surface area contributed by atoms with E-state index in [1.807, 2.05) is 0 Å². The van der Waals surface area contributed by atoms with Crippen LogP contribution in [0.15, 0.2) is 54.6 Å². The van der Waals surface area contributed by atoms with E-state index in [2.05, 4.69) is 75.0 Å². The van der Waals surface area contributed by atoms with Crippen molar-refractivity contribution in [2.75, 3.05) is 19.8 Å². The Morgan fingerprint density at radius 1 is 0.538 bits per heavy atom. The second kappa shape index (κ2) is 22.8. The molecule has 0 heterocycles. The van der Waals surface area contributed by atoms with Gasteiger partial charge in [0.2, 0.25) is 0 Å². The van der Waals surface area contributed by atoms with E-state index >= 15 is 0 Å². The van der Waals surface area contributed by atoms with Crippen LogP contribution in [0.5, 0.6) is 5.75 Å². The minimum atomic E-state index is -1.11. The lowest BCUT2D eigenvalue weighted by molar-refractivity contribution is -0.597. The average Bonchev–Trinajstić information content (AvgIpc) is 2.95. The van der Waals surface area contributed by atoms with E-state index in [0.29, 0.717) is 13.2 Å². The van der Waals surface area contributed by atoms with Gasteiger partial charge in [0.25, 0.3) is 0 Å². The Bertz CT molecular complexity index is 795. The number of hydrogen-bond donors (Lipinski definition) is 0. The first-order valence-electron chi connectivity index (χ1n) is 16.2. The molecular formula is C35H58IO2Si+. The van der Waals surface area contributed by atoms with Crippen molar-refractivity contribution in [1.29, 1.82) is 0 Å². The smallest absolute Gasteiger partial charge is 0.357 e. The van der Waals surface area contributed by atoms with Crippen molar-refractivity contribution in [1.82, 2.24) is 0 Å². The summed E-state index contributed by atoms with van der Waals surface area (Å²) in [6, 6.07) is 24.0. The van der Waals surface area contributed by atoms with Gasteiger partial charge in [-0.2, -0.15) is 0 Å². The van der Waals surface area contributed by atoms with E-state index in [4.69, 9.17) is 9.47 Å². The molecule has 0 aliphatic rings. The summed E-state index contributed by atoms with van der Waals surface area (Å²) in [4.78, 5) is 0. The Kier molecular flexibility index (Phi) is 20.1. The van der Waals surface area contributed by atoms with Gasteiger partial charge in [-0.15, -0.1) is 0 Å². The number of halogens is 1. The number of rotatable bonds is 25. The average molecular weight is 666 g/mol. The van der Waals surface area contributed by atoms with Crippen molar-refractivity contribution in [3.8, 4) is 5.75 Å². The second-order valence-electron chi connectivity index (χ2n) is 11.6. The summed E-state index contributed by atoms with van der Waals surface area (Å²) < 4.78 is 14.7. The highest BCUT2D eigenvalue weighted by Gasteiger charge is 2.25. The van der Waals surface area contributed by atoms with Crippen molar-refractivity contribution in [2.45, 2.75) is 128 Å². The fourth-order valence-electron chi connectivity index (χ4n) is 5.31. The minimum absolute atomic E-state index is 0.111. The third-order valence-corrected chi connectivity index (χ3v) is 15.2. The van der Waals surface area contributed by atoms with Gasteiger partial charge < -0.3 is 9.47 Å². The van der Waals surface area contributed by atoms with Crippen LogP contribution in [0.4, 0.5) is 0 Å². The molecule has 4 heteroatoms. The molecule has 0 atom stereocenters. The highest BCUT2D eigenvalue weighted by Crippen LogP contribution is 2.29. The highest BCUT2D eigenvalue weighted by molar-refractivity contribution is 6.78. The molecule has 220 valence electrons. The summed E-state index contributed by atoms with van der Waals surface area (Å²) in [6.45, 7) is 9.54. The number of unbranched alkanes of at least 4 members (excludes halogenated alkanes) is 11. The van der Waals surface area contributed by atoms with Crippen molar-refractivity contribution in [2.24, 2.45) is 0 Å². The lowest BCUT2D eigenvalue weighted by Gasteiger charge is -2.28. The molecule has 2 aromatic rings. The highest BCUT2D eigenvalue weighted by atomic mass is 127. The van der Waals surface area contributed by atoms with Gasteiger partial charge in [0.05, 0.1) is 14.7 Å². The van der Waals surface area contributed by atoms with Gasteiger partial charge in [0, 0.05) is 6.61 Å². The fraction of sp³-hybridized carbons (Fsp3) is 0.657. The zero-order valence-electron chi connectivity index (χ0n) is 25.5. The molecule has 0 aliphatic heterocycles. The van der Waals surface area contributed by atoms with Crippen LogP contribution in [0.3, 0.4) is 0 Å². The molecule has 0 radical (unpaired) electrons. The zero-order chi connectivity index (χ0) is 27.9. The van der Waals surface area contributed by atoms with Crippen molar-refractivity contribution in [3.05, 3.63) is 61.7 Å². The van der Waals surface area contributed by atoms with E-state index in [0.717, 1.165) is 12.4 Å². The SMILES string of the molecule is CCCCCCCC[Si](C)(CCCCCCCC)CCCCOCCOc1ccc([I+]c2ccccc2)cc1. The van der Waals surface area contributed by atoms with Gasteiger partial charge in [0.15, 0.2) is 7.14 Å². The summed E-state index contributed by atoms with van der Waals surface area (Å²) in [5.41, 5.74) is 0. The van der Waals surface area contributed by atoms with Gasteiger partial charge in [-0.05, 0) is 42.8 Å². The molecule has 0 saturated heterocycles. The Hall–Kier alpha value is -0.853. The van der Waals surface area contributed by atoms with Crippen LogP contribution in [-0.2, 0) is 4.74 Å². The third-order valence-electron chi connectivity index (χ3n) is 7.85. The normalized spacial score (nSPS) is 11.7. The molecule has 0 spiro atoms. The first-order chi connectivity index (χ1) is 19.1. The van der Waals surface area contributed by atoms with Gasteiger partial charge in [-0.1, -0.05) is 140 Å². The maximum Gasteiger partial charge on any atom is 0.357 e. The Morgan fingerprint density at radius 2 is 1.05 bits per heavy atom. The molecule has 0 unspecified atom stereocenters. The molecule has 2 rings (SSSR count). The zero-order valence-corrected chi connectivity index (χ0v) is 28.7. The van der Waals surface area contributed by atoms with Crippen LogP contribution in [0, 0.1) is 7.14 Å². The standard InChI is InChI=1S/C35H58IO2Si/c1-4-6-8-10-12-18-30-39(3,31-19-13-11-9-7-5-2)32-20-17-27-37-28-29-38-35-25-23-34(24-26-35)36-33-21-15-14-16-22-33/h14-16,21-26H,4-13,17-20,27-32H2,1-3H3/q+1. The van der Waals surface area contributed by atoms with Crippen LogP contribution in [0.1, 0.15) is 104 Å². The molecule has 0 aliphatic carbocycles. The second-order valence-corrected chi connectivity index (χ2v) is 19.8. The van der Waals surface area contributed by atoms with Crippen LogP contribution in [-0.4, -0.2) is 27.9 Å². The summed E-state index contributed by atoms with van der Waals surface area (Å²) in [5.74, 6) is 0.950. The summed E-state index contributed by atoms with van der Waals surface area (Å²) in [6.07, 6.45) is 19.7. The molecule has 2 nitrogen and oxygen atoms in total. The number of ether oxygens (including phenoxy) is 2. The maximum absolute atomic E-state index is 5.94. The summed E-state index contributed by atoms with van der Waals surface area (Å²) >= 11 is -0.111. The van der Waals surface area contributed by atoms with E-state index < -0.39 is 8.07 Å².